The summed E-state index contributed by atoms with van der Waals surface area (Å²) in [5.41, 5.74) is 0.744. The summed E-state index contributed by atoms with van der Waals surface area (Å²) in [6.45, 7) is 4.60. The van der Waals surface area contributed by atoms with Crippen molar-refractivity contribution in [3.8, 4) is 11.5 Å². The third kappa shape index (κ3) is 4.60. The molecule has 3 aliphatic rings. The zero-order valence-corrected chi connectivity index (χ0v) is 16.0. The van der Waals surface area contributed by atoms with E-state index in [9.17, 15) is 14.4 Å². The fourth-order valence-electron chi connectivity index (χ4n) is 3.52. The van der Waals surface area contributed by atoms with Gasteiger partial charge in [-0.05, 0) is 17.7 Å². The molecule has 0 radical (unpaired) electrons. The highest BCUT2D eigenvalue weighted by Gasteiger charge is 2.39. The van der Waals surface area contributed by atoms with Gasteiger partial charge in [-0.1, -0.05) is 6.07 Å². The van der Waals surface area contributed by atoms with E-state index in [-0.39, 0.29) is 25.7 Å². The molecule has 1 atom stereocenters. The average molecular weight is 404 g/mol. The van der Waals surface area contributed by atoms with Gasteiger partial charge in [0.2, 0.25) is 12.7 Å². The molecule has 2 fully saturated rings. The van der Waals surface area contributed by atoms with Crippen molar-refractivity contribution in [2.45, 2.75) is 19.0 Å². The largest absolute Gasteiger partial charge is 0.454 e. The summed E-state index contributed by atoms with van der Waals surface area (Å²) in [6.07, 6.45) is -0.0781. The normalized spacial score (nSPS) is 21.4. The number of urea groups is 1. The predicted molar refractivity (Wildman–Crippen MR) is 100 cm³/mol. The minimum absolute atomic E-state index is 0.0781. The molecule has 3 aliphatic heterocycles. The molecule has 0 aromatic heterocycles. The Morgan fingerprint density at radius 3 is 2.79 bits per heavy atom. The Hall–Kier alpha value is -2.85. The SMILES string of the molecule is O=C(CC1NC(=O)N(Cc2ccc3c(c2)OCO3)C1=O)NCCN1CCOCC1. The van der Waals surface area contributed by atoms with Crippen LogP contribution >= 0.6 is 0 Å². The molecule has 156 valence electrons. The van der Waals surface area contributed by atoms with Crippen LogP contribution in [0.2, 0.25) is 0 Å². The van der Waals surface area contributed by atoms with Crippen molar-refractivity contribution in [3.05, 3.63) is 23.8 Å². The van der Waals surface area contributed by atoms with E-state index in [2.05, 4.69) is 15.5 Å². The van der Waals surface area contributed by atoms with Gasteiger partial charge in [0.25, 0.3) is 5.91 Å². The molecule has 10 nitrogen and oxygen atoms in total. The van der Waals surface area contributed by atoms with Crippen molar-refractivity contribution in [1.29, 1.82) is 0 Å². The number of imide groups is 1. The van der Waals surface area contributed by atoms with Gasteiger partial charge in [0.1, 0.15) is 6.04 Å². The van der Waals surface area contributed by atoms with Gasteiger partial charge in [-0.2, -0.15) is 0 Å². The molecule has 0 spiro atoms. The van der Waals surface area contributed by atoms with Gasteiger partial charge in [0, 0.05) is 26.2 Å². The van der Waals surface area contributed by atoms with Gasteiger partial charge in [-0.25, -0.2) is 4.79 Å². The maximum absolute atomic E-state index is 12.6. The quantitative estimate of drug-likeness (QED) is 0.599. The number of nitrogens with one attached hydrogen (secondary N) is 2. The number of nitrogens with zero attached hydrogens (tertiary/aromatic N) is 2. The van der Waals surface area contributed by atoms with Crippen LogP contribution in [-0.4, -0.2) is 79.9 Å². The Kier molecular flexibility index (Phi) is 5.81. The van der Waals surface area contributed by atoms with E-state index in [4.69, 9.17) is 14.2 Å². The second-order valence-electron chi connectivity index (χ2n) is 7.12. The summed E-state index contributed by atoms with van der Waals surface area (Å²) in [4.78, 5) is 40.3. The third-order valence-corrected chi connectivity index (χ3v) is 5.13. The van der Waals surface area contributed by atoms with Crippen LogP contribution in [0.25, 0.3) is 0 Å². The molecular formula is C19H24N4O6. The van der Waals surface area contributed by atoms with Gasteiger partial charge in [-0.15, -0.1) is 0 Å². The Morgan fingerprint density at radius 1 is 1.17 bits per heavy atom. The minimum atomic E-state index is -0.847. The monoisotopic (exact) mass is 404 g/mol. The van der Waals surface area contributed by atoms with Gasteiger partial charge < -0.3 is 24.8 Å². The summed E-state index contributed by atoms with van der Waals surface area (Å²) in [5.74, 6) is 0.557. The highest BCUT2D eigenvalue weighted by atomic mass is 16.7. The smallest absolute Gasteiger partial charge is 0.325 e. The third-order valence-electron chi connectivity index (χ3n) is 5.13. The van der Waals surface area contributed by atoms with Crippen molar-refractivity contribution in [1.82, 2.24) is 20.4 Å². The summed E-state index contributed by atoms with van der Waals surface area (Å²) in [7, 11) is 0. The molecule has 3 heterocycles. The van der Waals surface area contributed by atoms with E-state index in [1.165, 1.54) is 0 Å². The van der Waals surface area contributed by atoms with Crippen LogP contribution in [0.3, 0.4) is 0 Å². The maximum atomic E-state index is 12.6. The van der Waals surface area contributed by atoms with Crippen LogP contribution in [0.4, 0.5) is 4.79 Å². The minimum Gasteiger partial charge on any atom is -0.454 e. The first-order chi connectivity index (χ1) is 14.1. The number of fused-ring (bicyclic) bond motifs is 1. The number of benzene rings is 1. The van der Waals surface area contributed by atoms with Gasteiger partial charge >= 0.3 is 6.03 Å². The summed E-state index contributed by atoms with van der Waals surface area (Å²) >= 11 is 0. The molecule has 0 bridgehead atoms. The van der Waals surface area contributed by atoms with Crippen molar-refractivity contribution >= 4 is 17.8 Å². The topological polar surface area (TPSA) is 109 Å². The first-order valence-corrected chi connectivity index (χ1v) is 9.67. The van der Waals surface area contributed by atoms with Crippen LogP contribution in [0, 0.1) is 0 Å². The number of hydrogen-bond acceptors (Lipinski definition) is 7. The Morgan fingerprint density at radius 2 is 1.97 bits per heavy atom. The van der Waals surface area contributed by atoms with E-state index in [1.54, 1.807) is 18.2 Å². The fourth-order valence-corrected chi connectivity index (χ4v) is 3.52. The average Bonchev–Trinajstić information content (AvgIpc) is 3.28. The second-order valence-corrected chi connectivity index (χ2v) is 7.12. The molecule has 0 aliphatic carbocycles. The number of carbonyl (C=O) groups is 3. The summed E-state index contributed by atoms with van der Waals surface area (Å²) in [6, 6.07) is 3.92. The lowest BCUT2D eigenvalue weighted by Gasteiger charge is -2.26. The van der Waals surface area contributed by atoms with Crippen molar-refractivity contribution < 1.29 is 28.6 Å². The highest BCUT2D eigenvalue weighted by Crippen LogP contribution is 2.33. The first-order valence-electron chi connectivity index (χ1n) is 9.67. The lowest BCUT2D eigenvalue weighted by atomic mass is 10.1. The second kappa shape index (κ2) is 8.66. The Balaban J connectivity index is 1.25. The van der Waals surface area contributed by atoms with Crippen molar-refractivity contribution in [2.75, 3.05) is 46.2 Å². The van der Waals surface area contributed by atoms with Crippen LogP contribution in [0.5, 0.6) is 11.5 Å². The number of hydrogen-bond donors (Lipinski definition) is 2. The predicted octanol–water partition coefficient (Wildman–Crippen LogP) is -0.326. The van der Waals surface area contributed by atoms with Crippen LogP contribution in [0.15, 0.2) is 18.2 Å². The van der Waals surface area contributed by atoms with Gasteiger partial charge in [0.15, 0.2) is 11.5 Å². The van der Waals surface area contributed by atoms with Crippen molar-refractivity contribution in [2.24, 2.45) is 0 Å². The Labute approximate surface area is 168 Å². The van der Waals surface area contributed by atoms with Crippen LogP contribution in [-0.2, 0) is 20.9 Å². The molecule has 1 aromatic rings. The molecular weight excluding hydrogens is 380 g/mol. The van der Waals surface area contributed by atoms with Crippen LogP contribution < -0.4 is 20.1 Å². The van der Waals surface area contributed by atoms with Gasteiger partial charge in [-0.3, -0.25) is 19.4 Å². The molecule has 0 saturated carbocycles. The molecule has 1 aromatic carbocycles. The molecule has 29 heavy (non-hydrogen) atoms. The zero-order valence-electron chi connectivity index (χ0n) is 16.0. The molecule has 10 heteroatoms. The molecule has 1 unspecified atom stereocenters. The van der Waals surface area contributed by atoms with E-state index in [0.29, 0.717) is 31.3 Å². The molecule has 4 amide bonds. The number of ether oxygens (including phenoxy) is 3. The highest BCUT2D eigenvalue weighted by molar-refractivity contribution is 6.05. The van der Waals surface area contributed by atoms with Crippen molar-refractivity contribution in [3.63, 3.8) is 0 Å². The van der Waals surface area contributed by atoms with E-state index >= 15 is 0 Å². The number of carbonyl (C=O) groups excluding carboxylic acids is 3. The van der Waals surface area contributed by atoms with E-state index < -0.39 is 18.0 Å². The lowest BCUT2D eigenvalue weighted by Crippen LogP contribution is -2.42. The standard InChI is InChI=1S/C19H24N4O6/c24-17(20-3-4-22-5-7-27-8-6-22)10-14-18(25)23(19(26)21-14)11-13-1-2-15-16(9-13)29-12-28-15/h1-2,9,14H,3-8,10-12H2,(H,20,24)(H,21,26). The summed E-state index contributed by atoms with van der Waals surface area (Å²) < 4.78 is 15.9. The number of rotatable bonds is 7. The van der Waals surface area contributed by atoms with E-state index in [0.717, 1.165) is 30.1 Å². The molecule has 4 rings (SSSR count). The number of morpholine rings is 1. The molecule has 2 saturated heterocycles. The van der Waals surface area contributed by atoms with E-state index in [1.807, 2.05) is 0 Å². The first kappa shape index (κ1) is 19.5. The maximum Gasteiger partial charge on any atom is 0.325 e. The zero-order chi connectivity index (χ0) is 20.2. The molecule has 2 N–H and O–H groups in total. The van der Waals surface area contributed by atoms with Crippen LogP contribution in [0.1, 0.15) is 12.0 Å². The van der Waals surface area contributed by atoms with Gasteiger partial charge in [0.05, 0.1) is 26.2 Å². The Bertz CT molecular complexity index is 795. The fraction of sp³-hybridized carbons (Fsp3) is 0.526. The number of amides is 4. The summed E-state index contributed by atoms with van der Waals surface area (Å²) in [5, 5.41) is 5.40. The lowest BCUT2D eigenvalue weighted by molar-refractivity contribution is -0.131.